The molecule has 3 heterocycles. The van der Waals surface area contributed by atoms with Crippen LogP contribution in [0.2, 0.25) is 0 Å². The molecule has 0 aromatic carbocycles. The number of fused-ring (bicyclic) bond motifs is 1. The topological polar surface area (TPSA) is 70.2 Å². The van der Waals surface area contributed by atoms with E-state index in [2.05, 4.69) is 25.1 Å². The number of hydrogen-bond donors (Lipinski definition) is 2. The van der Waals surface area contributed by atoms with E-state index in [4.69, 9.17) is 0 Å². The van der Waals surface area contributed by atoms with Crippen LogP contribution < -0.4 is 0 Å². The van der Waals surface area contributed by atoms with Crippen LogP contribution in [0.1, 0.15) is 5.69 Å². The van der Waals surface area contributed by atoms with Crippen LogP contribution in [0.15, 0.2) is 24.5 Å². The molecule has 0 aliphatic carbocycles. The standard InChI is InChI=1S/C10H9N5/c1-6-7(5-12-15-6)9-13-8-3-2-4-11-10(8)14-9/h2-5H,1H3,(H,12,15)(H,11,13,14). The normalized spacial score (nSPS) is 11.0. The molecule has 15 heavy (non-hydrogen) atoms. The van der Waals surface area contributed by atoms with E-state index in [1.54, 1.807) is 12.4 Å². The van der Waals surface area contributed by atoms with E-state index >= 15 is 0 Å². The van der Waals surface area contributed by atoms with Crippen molar-refractivity contribution in [3.05, 3.63) is 30.2 Å². The molecule has 0 radical (unpaired) electrons. The predicted molar refractivity (Wildman–Crippen MR) is 56.2 cm³/mol. The molecule has 0 aliphatic heterocycles. The molecule has 0 unspecified atom stereocenters. The fourth-order valence-electron chi connectivity index (χ4n) is 1.56. The minimum atomic E-state index is 0.730. The van der Waals surface area contributed by atoms with Crippen LogP contribution in [-0.2, 0) is 0 Å². The molecule has 3 aromatic rings. The van der Waals surface area contributed by atoms with Gasteiger partial charge in [0, 0.05) is 11.9 Å². The van der Waals surface area contributed by atoms with Crippen LogP contribution in [0.3, 0.4) is 0 Å². The molecule has 0 fully saturated rings. The Kier molecular flexibility index (Phi) is 1.58. The first-order chi connectivity index (χ1) is 7.34. The van der Waals surface area contributed by atoms with Crippen molar-refractivity contribution in [2.24, 2.45) is 0 Å². The summed E-state index contributed by atoms with van der Waals surface area (Å²) in [5.74, 6) is 0.801. The molecule has 0 aliphatic rings. The summed E-state index contributed by atoms with van der Waals surface area (Å²) in [5.41, 5.74) is 3.64. The zero-order valence-electron chi connectivity index (χ0n) is 8.15. The van der Waals surface area contributed by atoms with Gasteiger partial charge >= 0.3 is 0 Å². The lowest BCUT2D eigenvalue weighted by Crippen LogP contribution is -1.80. The van der Waals surface area contributed by atoms with Gasteiger partial charge in [0.15, 0.2) is 5.65 Å². The number of aromatic nitrogens is 5. The Morgan fingerprint density at radius 3 is 3.00 bits per heavy atom. The third kappa shape index (κ3) is 1.20. The number of pyridine rings is 1. The van der Waals surface area contributed by atoms with Gasteiger partial charge in [-0.1, -0.05) is 0 Å². The van der Waals surface area contributed by atoms with Gasteiger partial charge in [0.1, 0.15) is 5.82 Å². The molecule has 3 rings (SSSR count). The summed E-state index contributed by atoms with van der Waals surface area (Å²) < 4.78 is 0. The van der Waals surface area contributed by atoms with Crippen molar-refractivity contribution in [1.29, 1.82) is 0 Å². The van der Waals surface area contributed by atoms with E-state index < -0.39 is 0 Å². The molecule has 0 spiro atoms. The maximum absolute atomic E-state index is 4.39. The molecule has 0 saturated carbocycles. The van der Waals surface area contributed by atoms with E-state index in [0.717, 1.165) is 28.2 Å². The largest absolute Gasteiger partial charge is 0.336 e. The molecule has 0 bridgehead atoms. The first kappa shape index (κ1) is 8.16. The fraction of sp³-hybridized carbons (Fsp3) is 0.100. The van der Waals surface area contributed by atoms with Crippen molar-refractivity contribution < 1.29 is 0 Å². The molecule has 0 atom stereocenters. The van der Waals surface area contributed by atoms with Gasteiger partial charge in [-0.3, -0.25) is 5.10 Å². The van der Waals surface area contributed by atoms with Gasteiger partial charge in [0.05, 0.1) is 17.3 Å². The molecule has 5 nitrogen and oxygen atoms in total. The van der Waals surface area contributed by atoms with Crippen molar-refractivity contribution in [2.75, 3.05) is 0 Å². The number of aromatic amines is 2. The quantitative estimate of drug-likeness (QED) is 0.626. The van der Waals surface area contributed by atoms with Crippen LogP contribution in [0, 0.1) is 6.92 Å². The summed E-state index contributed by atoms with van der Waals surface area (Å²) in [5, 5.41) is 6.84. The highest BCUT2D eigenvalue weighted by atomic mass is 15.1. The van der Waals surface area contributed by atoms with Crippen molar-refractivity contribution >= 4 is 11.2 Å². The zero-order chi connectivity index (χ0) is 10.3. The molecule has 3 aromatic heterocycles. The molecule has 5 heteroatoms. The second kappa shape index (κ2) is 2.91. The minimum Gasteiger partial charge on any atom is -0.336 e. The molecular formula is C10H9N5. The predicted octanol–water partition coefficient (Wildman–Crippen LogP) is 1.66. The third-order valence-electron chi connectivity index (χ3n) is 2.34. The highest BCUT2D eigenvalue weighted by molar-refractivity contribution is 5.75. The Balaban J connectivity index is 2.24. The van der Waals surface area contributed by atoms with Crippen molar-refractivity contribution in [2.45, 2.75) is 6.92 Å². The van der Waals surface area contributed by atoms with Crippen LogP contribution in [0.5, 0.6) is 0 Å². The SMILES string of the molecule is Cc1[nH]ncc1-c1nc2ncccc2[nH]1. The lowest BCUT2D eigenvalue weighted by molar-refractivity contribution is 1.05. The second-order valence-electron chi connectivity index (χ2n) is 3.37. The van der Waals surface area contributed by atoms with Gasteiger partial charge in [-0.05, 0) is 19.1 Å². The number of aryl methyl sites for hydroxylation is 1. The first-order valence-electron chi connectivity index (χ1n) is 4.65. The monoisotopic (exact) mass is 199 g/mol. The van der Waals surface area contributed by atoms with E-state index in [9.17, 15) is 0 Å². The van der Waals surface area contributed by atoms with Crippen LogP contribution in [-0.4, -0.2) is 25.1 Å². The number of hydrogen-bond acceptors (Lipinski definition) is 3. The van der Waals surface area contributed by atoms with E-state index in [-0.39, 0.29) is 0 Å². The van der Waals surface area contributed by atoms with Crippen LogP contribution in [0.25, 0.3) is 22.6 Å². The zero-order valence-corrected chi connectivity index (χ0v) is 8.15. The Morgan fingerprint density at radius 1 is 1.33 bits per heavy atom. The van der Waals surface area contributed by atoms with Crippen LogP contribution in [0.4, 0.5) is 0 Å². The van der Waals surface area contributed by atoms with Gasteiger partial charge in [-0.2, -0.15) is 5.10 Å². The lowest BCUT2D eigenvalue weighted by atomic mass is 10.2. The third-order valence-corrected chi connectivity index (χ3v) is 2.34. The van der Waals surface area contributed by atoms with Gasteiger partial charge in [-0.25, -0.2) is 9.97 Å². The Hall–Kier alpha value is -2.17. The van der Waals surface area contributed by atoms with Gasteiger partial charge in [0.25, 0.3) is 0 Å². The minimum absolute atomic E-state index is 0.730. The van der Waals surface area contributed by atoms with Crippen LogP contribution >= 0.6 is 0 Å². The Labute approximate surface area is 85.6 Å². The first-order valence-corrected chi connectivity index (χ1v) is 4.65. The molecule has 2 N–H and O–H groups in total. The van der Waals surface area contributed by atoms with Crippen molar-refractivity contribution in [1.82, 2.24) is 25.1 Å². The Morgan fingerprint density at radius 2 is 2.27 bits per heavy atom. The van der Waals surface area contributed by atoms with Crippen molar-refractivity contribution in [3.8, 4) is 11.4 Å². The fourth-order valence-corrected chi connectivity index (χ4v) is 1.56. The van der Waals surface area contributed by atoms with E-state index in [0.29, 0.717) is 0 Å². The van der Waals surface area contributed by atoms with Crippen molar-refractivity contribution in [3.63, 3.8) is 0 Å². The number of nitrogens with one attached hydrogen (secondary N) is 2. The number of nitrogens with zero attached hydrogens (tertiary/aromatic N) is 3. The molecule has 0 saturated heterocycles. The second-order valence-corrected chi connectivity index (χ2v) is 3.37. The maximum Gasteiger partial charge on any atom is 0.178 e. The summed E-state index contributed by atoms with van der Waals surface area (Å²) in [6.07, 6.45) is 3.49. The Bertz CT molecular complexity index is 574. The van der Waals surface area contributed by atoms with Gasteiger partial charge < -0.3 is 4.98 Å². The summed E-state index contributed by atoms with van der Waals surface area (Å²) in [7, 11) is 0. The summed E-state index contributed by atoms with van der Waals surface area (Å²) in [6.45, 7) is 1.96. The smallest absolute Gasteiger partial charge is 0.178 e. The van der Waals surface area contributed by atoms with Gasteiger partial charge in [0.2, 0.25) is 0 Å². The summed E-state index contributed by atoms with van der Waals surface area (Å²) in [6, 6.07) is 3.83. The maximum atomic E-state index is 4.39. The van der Waals surface area contributed by atoms with E-state index in [1.807, 2.05) is 19.1 Å². The molecule has 74 valence electrons. The number of rotatable bonds is 1. The summed E-state index contributed by atoms with van der Waals surface area (Å²) in [4.78, 5) is 11.8. The average Bonchev–Trinajstić information content (AvgIpc) is 2.82. The lowest BCUT2D eigenvalue weighted by Gasteiger charge is -1.90. The molecule has 0 amide bonds. The number of imidazole rings is 1. The highest BCUT2D eigenvalue weighted by Gasteiger charge is 2.08. The number of H-pyrrole nitrogens is 2. The summed E-state index contributed by atoms with van der Waals surface area (Å²) >= 11 is 0. The average molecular weight is 199 g/mol. The highest BCUT2D eigenvalue weighted by Crippen LogP contribution is 2.20. The van der Waals surface area contributed by atoms with E-state index in [1.165, 1.54) is 0 Å². The van der Waals surface area contributed by atoms with Gasteiger partial charge in [-0.15, -0.1) is 0 Å². The molecular weight excluding hydrogens is 190 g/mol.